The fourth-order valence-corrected chi connectivity index (χ4v) is 2.56. The first-order valence-corrected chi connectivity index (χ1v) is 7.56. The third-order valence-corrected chi connectivity index (χ3v) is 3.77. The van der Waals surface area contributed by atoms with Gasteiger partial charge in [-0.2, -0.15) is 0 Å². The maximum atomic E-state index is 11.1. The monoisotopic (exact) mass is 325 g/mol. The summed E-state index contributed by atoms with van der Waals surface area (Å²) in [4.78, 5) is 12.7. The lowest BCUT2D eigenvalue weighted by Gasteiger charge is -2.34. The number of nitro groups is 1. The van der Waals surface area contributed by atoms with E-state index in [0.717, 1.165) is 13.1 Å². The number of aliphatic hydroxyl groups is 2. The van der Waals surface area contributed by atoms with Gasteiger partial charge in [-0.05, 0) is 24.6 Å². The van der Waals surface area contributed by atoms with E-state index < -0.39 is 10.5 Å². The Balaban J connectivity index is 2.01. The molecule has 0 bridgehead atoms. The Morgan fingerprint density at radius 1 is 1.43 bits per heavy atom. The predicted octanol–water partition coefficient (Wildman–Crippen LogP) is 0.582. The Kier molecular flexibility index (Phi) is 5.89. The summed E-state index contributed by atoms with van der Waals surface area (Å²) in [5, 5.41) is 33.7. The number of anilines is 1. The maximum Gasteiger partial charge on any atom is 0.292 e. The molecule has 2 rings (SSSR count). The molecular weight excluding hydrogens is 302 g/mol. The molecule has 1 aromatic carbocycles. The van der Waals surface area contributed by atoms with Gasteiger partial charge in [0.05, 0.1) is 30.3 Å². The molecule has 128 valence electrons. The number of ether oxygens (including phenoxy) is 1. The number of rotatable bonds is 7. The molecule has 1 saturated heterocycles. The van der Waals surface area contributed by atoms with Crippen LogP contribution in [0.5, 0.6) is 0 Å². The average Bonchev–Trinajstić information content (AvgIpc) is 2.53. The third kappa shape index (κ3) is 5.14. The number of nitro benzene ring substituents is 1. The fourth-order valence-electron chi connectivity index (χ4n) is 2.56. The van der Waals surface area contributed by atoms with E-state index in [1.54, 1.807) is 6.92 Å². The quantitative estimate of drug-likeness (QED) is 0.497. The molecule has 0 amide bonds. The minimum Gasteiger partial charge on any atom is -0.392 e. The Bertz CT molecular complexity index is 544. The molecule has 0 aromatic heterocycles. The van der Waals surface area contributed by atoms with E-state index in [1.807, 2.05) is 0 Å². The fraction of sp³-hybridized carbons (Fsp3) is 0.600. The van der Waals surface area contributed by atoms with Gasteiger partial charge < -0.3 is 20.3 Å². The molecule has 1 fully saturated rings. The lowest BCUT2D eigenvalue weighted by molar-refractivity contribution is -0.384. The van der Waals surface area contributed by atoms with Gasteiger partial charge in [-0.25, -0.2) is 0 Å². The van der Waals surface area contributed by atoms with Crippen LogP contribution in [-0.2, 0) is 11.3 Å². The van der Waals surface area contributed by atoms with E-state index in [9.17, 15) is 20.3 Å². The highest BCUT2D eigenvalue weighted by molar-refractivity contribution is 5.62. The molecule has 1 heterocycles. The highest BCUT2D eigenvalue weighted by Crippen LogP contribution is 2.26. The van der Waals surface area contributed by atoms with Gasteiger partial charge in [-0.3, -0.25) is 15.0 Å². The van der Waals surface area contributed by atoms with E-state index in [2.05, 4.69) is 10.2 Å². The highest BCUT2D eigenvalue weighted by Gasteiger charge is 2.26. The van der Waals surface area contributed by atoms with Crippen LogP contribution in [-0.4, -0.2) is 65.0 Å². The zero-order valence-corrected chi connectivity index (χ0v) is 13.2. The van der Waals surface area contributed by atoms with Crippen LogP contribution in [0.2, 0.25) is 0 Å². The SMILES string of the molecule is CC(O)(CNc1cc(CO)ccc1[N+](=O)[O-])CN1CCOCC1. The van der Waals surface area contributed by atoms with Crippen LogP contribution in [0.15, 0.2) is 18.2 Å². The number of benzene rings is 1. The van der Waals surface area contributed by atoms with E-state index in [1.165, 1.54) is 18.2 Å². The Morgan fingerprint density at radius 3 is 2.74 bits per heavy atom. The van der Waals surface area contributed by atoms with Crippen LogP contribution in [0.3, 0.4) is 0 Å². The summed E-state index contributed by atoms with van der Waals surface area (Å²) in [6.07, 6.45) is 0. The Labute approximate surface area is 134 Å². The molecule has 0 spiro atoms. The summed E-state index contributed by atoms with van der Waals surface area (Å²) in [5.74, 6) is 0. The van der Waals surface area contributed by atoms with Gasteiger partial charge in [0.1, 0.15) is 5.69 Å². The minimum absolute atomic E-state index is 0.0793. The van der Waals surface area contributed by atoms with Crippen molar-refractivity contribution in [3.8, 4) is 0 Å². The Morgan fingerprint density at radius 2 is 2.13 bits per heavy atom. The molecule has 1 aliphatic heterocycles. The van der Waals surface area contributed by atoms with E-state index >= 15 is 0 Å². The first-order valence-electron chi connectivity index (χ1n) is 7.56. The molecule has 1 unspecified atom stereocenters. The van der Waals surface area contributed by atoms with Crippen LogP contribution in [0.1, 0.15) is 12.5 Å². The number of nitrogens with zero attached hydrogens (tertiary/aromatic N) is 2. The maximum absolute atomic E-state index is 11.1. The molecule has 23 heavy (non-hydrogen) atoms. The van der Waals surface area contributed by atoms with Gasteiger partial charge in [-0.15, -0.1) is 0 Å². The first-order chi connectivity index (χ1) is 10.9. The summed E-state index contributed by atoms with van der Waals surface area (Å²) in [6, 6.07) is 4.39. The highest BCUT2D eigenvalue weighted by atomic mass is 16.6. The van der Waals surface area contributed by atoms with Crippen LogP contribution in [0.25, 0.3) is 0 Å². The van der Waals surface area contributed by atoms with E-state index in [0.29, 0.717) is 31.0 Å². The van der Waals surface area contributed by atoms with Crippen molar-refractivity contribution in [1.29, 1.82) is 0 Å². The average molecular weight is 325 g/mol. The summed E-state index contributed by atoms with van der Waals surface area (Å²) >= 11 is 0. The molecule has 0 saturated carbocycles. The normalized spacial score (nSPS) is 18.4. The van der Waals surface area contributed by atoms with Crippen molar-refractivity contribution >= 4 is 11.4 Å². The van der Waals surface area contributed by atoms with Crippen molar-refractivity contribution in [2.75, 3.05) is 44.7 Å². The molecule has 0 radical (unpaired) electrons. The topological polar surface area (TPSA) is 108 Å². The smallest absolute Gasteiger partial charge is 0.292 e. The number of nitrogens with one attached hydrogen (secondary N) is 1. The van der Waals surface area contributed by atoms with Gasteiger partial charge >= 0.3 is 0 Å². The first kappa shape index (κ1) is 17.6. The molecule has 0 aliphatic carbocycles. The van der Waals surface area contributed by atoms with Gasteiger partial charge in [0.25, 0.3) is 5.69 Å². The number of hydrogen-bond donors (Lipinski definition) is 3. The van der Waals surface area contributed by atoms with Gasteiger partial charge in [0.2, 0.25) is 0 Å². The Hall–Kier alpha value is -1.74. The molecule has 3 N–H and O–H groups in total. The van der Waals surface area contributed by atoms with Gasteiger partial charge in [0, 0.05) is 32.2 Å². The van der Waals surface area contributed by atoms with Crippen LogP contribution < -0.4 is 5.32 Å². The van der Waals surface area contributed by atoms with E-state index in [4.69, 9.17) is 4.74 Å². The number of aliphatic hydroxyl groups excluding tert-OH is 1. The molecule has 8 heteroatoms. The molecule has 8 nitrogen and oxygen atoms in total. The second-order valence-corrected chi connectivity index (χ2v) is 6.01. The molecule has 1 aromatic rings. The van der Waals surface area contributed by atoms with E-state index in [-0.39, 0.29) is 18.8 Å². The van der Waals surface area contributed by atoms with Crippen molar-refractivity contribution < 1.29 is 19.9 Å². The number of β-amino-alcohol motifs (C(OH)–C–C–N with tert-alkyl or cyclic N) is 1. The second kappa shape index (κ2) is 7.69. The van der Waals surface area contributed by atoms with Crippen LogP contribution in [0.4, 0.5) is 11.4 Å². The third-order valence-electron chi connectivity index (χ3n) is 3.77. The summed E-state index contributed by atoms with van der Waals surface area (Å²) in [7, 11) is 0. The van der Waals surface area contributed by atoms with Crippen molar-refractivity contribution in [3.63, 3.8) is 0 Å². The van der Waals surface area contributed by atoms with Crippen molar-refractivity contribution in [3.05, 3.63) is 33.9 Å². The largest absolute Gasteiger partial charge is 0.392 e. The lowest BCUT2D eigenvalue weighted by Crippen LogP contribution is -2.49. The number of hydrogen-bond acceptors (Lipinski definition) is 7. The molecule has 1 aliphatic rings. The second-order valence-electron chi connectivity index (χ2n) is 6.01. The summed E-state index contributed by atoms with van der Waals surface area (Å²) in [6.45, 7) is 4.93. The zero-order valence-electron chi connectivity index (χ0n) is 13.2. The standard InChI is InChI=1S/C15H23N3O5/c1-15(20,11-17-4-6-23-7-5-17)10-16-13-8-12(9-19)2-3-14(13)18(21)22/h2-3,8,16,19-20H,4-7,9-11H2,1H3. The van der Waals surface area contributed by atoms with Crippen molar-refractivity contribution in [1.82, 2.24) is 4.90 Å². The molecule has 1 atom stereocenters. The van der Waals surface area contributed by atoms with Crippen molar-refractivity contribution in [2.45, 2.75) is 19.1 Å². The van der Waals surface area contributed by atoms with Crippen molar-refractivity contribution in [2.24, 2.45) is 0 Å². The lowest BCUT2D eigenvalue weighted by atomic mass is 10.1. The van der Waals surface area contributed by atoms with Crippen LogP contribution in [0, 0.1) is 10.1 Å². The zero-order chi connectivity index (χ0) is 16.9. The predicted molar refractivity (Wildman–Crippen MR) is 85.4 cm³/mol. The summed E-state index contributed by atoms with van der Waals surface area (Å²) in [5.41, 5.74) is -0.250. The van der Waals surface area contributed by atoms with Gasteiger partial charge in [0.15, 0.2) is 0 Å². The number of morpholine rings is 1. The minimum atomic E-state index is -1.04. The van der Waals surface area contributed by atoms with Crippen LogP contribution >= 0.6 is 0 Å². The molecular formula is C15H23N3O5. The van der Waals surface area contributed by atoms with Gasteiger partial charge in [-0.1, -0.05) is 0 Å². The summed E-state index contributed by atoms with van der Waals surface area (Å²) < 4.78 is 5.27.